The molecule has 2 aromatic carbocycles. The molecule has 1 aliphatic rings. The van der Waals surface area contributed by atoms with Gasteiger partial charge < -0.3 is 5.32 Å². The fourth-order valence-electron chi connectivity index (χ4n) is 3.44. The Labute approximate surface area is 171 Å². The molecule has 28 heavy (non-hydrogen) atoms. The highest BCUT2D eigenvalue weighted by Gasteiger charge is 2.33. The van der Waals surface area contributed by atoms with Gasteiger partial charge in [-0.25, -0.2) is 8.42 Å². The van der Waals surface area contributed by atoms with Crippen molar-refractivity contribution >= 4 is 33.2 Å². The van der Waals surface area contributed by atoms with Crippen molar-refractivity contribution in [2.75, 3.05) is 18.4 Å². The summed E-state index contributed by atoms with van der Waals surface area (Å²) in [6.45, 7) is 4.44. The number of hydrogen-bond acceptors (Lipinski definition) is 3. The summed E-state index contributed by atoms with van der Waals surface area (Å²) >= 11 is 6.11. The van der Waals surface area contributed by atoms with Crippen LogP contribution < -0.4 is 5.32 Å². The second kappa shape index (κ2) is 8.64. The molecule has 1 aliphatic heterocycles. The quantitative estimate of drug-likeness (QED) is 0.786. The minimum Gasteiger partial charge on any atom is -0.326 e. The first-order valence-corrected chi connectivity index (χ1v) is 11.3. The van der Waals surface area contributed by atoms with E-state index in [0.717, 1.165) is 23.2 Å². The zero-order chi connectivity index (χ0) is 20.3. The molecule has 5 nitrogen and oxygen atoms in total. The molecule has 150 valence electrons. The molecule has 1 saturated heterocycles. The number of piperidine rings is 1. The predicted molar refractivity (Wildman–Crippen MR) is 112 cm³/mol. The SMILES string of the molecule is CCc1ccccc1NC(=O)C1CCCN(S(=O)(=O)c2ccc(C)c(Cl)c2)C1. The average molecular weight is 421 g/mol. The first-order chi connectivity index (χ1) is 13.3. The second-order valence-electron chi connectivity index (χ2n) is 7.11. The van der Waals surface area contributed by atoms with E-state index in [1.807, 2.05) is 38.1 Å². The Hall–Kier alpha value is -1.89. The predicted octanol–water partition coefficient (Wildman–Crippen LogP) is 4.25. The third-order valence-corrected chi connectivity index (χ3v) is 7.46. The van der Waals surface area contributed by atoms with Gasteiger partial charge in [-0.3, -0.25) is 4.79 Å². The molecule has 7 heteroatoms. The standard InChI is InChI=1S/C21H25ClN2O3S/c1-3-16-7-4-5-9-20(16)23-21(25)17-8-6-12-24(14-17)28(26,27)18-11-10-15(2)19(22)13-18/h4-5,7,9-11,13,17H,3,6,8,12,14H2,1-2H3,(H,23,25). The zero-order valence-electron chi connectivity index (χ0n) is 16.1. The van der Waals surface area contributed by atoms with Crippen molar-refractivity contribution in [2.24, 2.45) is 5.92 Å². The maximum atomic E-state index is 13.0. The fourth-order valence-corrected chi connectivity index (χ4v) is 5.24. The van der Waals surface area contributed by atoms with E-state index in [1.54, 1.807) is 12.1 Å². The molecule has 3 rings (SSSR count). The Morgan fingerprint density at radius 3 is 2.71 bits per heavy atom. The van der Waals surface area contributed by atoms with Crippen molar-refractivity contribution < 1.29 is 13.2 Å². The summed E-state index contributed by atoms with van der Waals surface area (Å²) in [4.78, 5) is 13.0. The minimum absolute atomic E-state index is 0.136. The summed E-state index contributed by atoms with van der Waals surface area (Å²) < 4.78 is 27.4. The molecular formula is C21H25ClN2O3S. The van der Waals surface area contributed by atoms with Gasteiger partial charge in [-0.1, -0.05) is 42.8 Å². The number of benzene rings is 2. The van der Waals surface area contributed by atoms with Gasteiger partial charge in [0.15, 0.2) is 0 Å². The van der Waals surface area contributed by atoms with E-state index in [1.165, 1.54) is 10.4 Å². The average Bonchev–Trinajstić information content (AvgIpc) is 2.70. The Bertz CT molecular complexity index is 975. The van der Waals surface area contributed by atoms with Gasteiger partial charge >= 0.3 is 0 Å². The molecule has 0 spiro atoms. The van der Waals surface area contributed by atoms with Crippen molar-refractivity contribution in [3.05, 3.63) is 58.6 Å². The lowest BCUT2D eigenvalue weighted by molar-refractivity contribution is -0.120. The van der Waals surface area contributed by atoms with E-state index >= 15 is 0 Å². The number of nitrogens with one attached hydrogen (secondary N) is 1. The lowest BCUT2D eigenvalue weighted by Gasteiger charge is -2.31. The van der Waals surface area contributed by atoms with Crippen LogP contribution in [0.1, 0.15) is 30.9 Å². The molecule has 1 amide bonds. The molecule has 1 atom stereocenters. The van der Waals surface area contributed by atoms with Gasteiger partial charge in [0.25, 0.3) is 0 Å². The summed E-state index contributed by atoms with van der Waals surface area (Å²) in [6.07, 6.45) is 2.13. The monoisotopic (exact) mass is 420 g/mol. The Morgan fingerprint density at radius 2 is 2.00 bits per heavy atom. The van der Waals surface area contributed by atoms with Crippen molar-refractivity contribution in [1.29, 1.82) is 0 Å². The minimum atomic E-state index is -3.68. The molecule has 2 aromatic rings. The van der Waals surface area contributed by atoms with Crippen LogP contribution in [-0.4, -0.2) is 31.7 Å². The molecule has 1 unspecified atom stereocenters. The topological polar surface area (TPSA) is 66.5 Å². The van der Waals surface area contributed by atoms with Crippen LogP contribution in [0, 0.1) is 12.8 Å². The molecule has 0 saturated carbocycles. The third-order valence-electron chi connectivity index (χ3n) is 5.19. The Kier molecular flexibility index (Phi) is 6.43. The van der Waals surface area contributed by atoms with Gasteiger partial charge in [-0.2, -0.15) is 4.31 Å². The normalized spacial score (nSPS) is 18.0. The largest absolute Gasteiger partial charge is 0.326 e. The van der Waals surface area contributed by atoms with Crippen LogP contribution in [0.2, 0.25) is 5.02 Å². The van der Waals surface area contributed by atoms with Crippen molar-refractivity contribution in [3.63, 3.8) is 0 Å². The van der Waals surface area contributed by atoms with Crippen molar-refractivity contribution in [3.8, 4) is 0 Å². The summed E-state index contributed by atoms with van der Waals surface area (Å²) in [5, 5.41) is 3.40. The third kappa shape index (κ3) is 4.40. The smallest absolute Gasteiger partial charge is 0.243 e. The number of nitrogens with zero attached hydrogens (tertiary/aromatic N) is 1. The molecule has 1 fully saturated rings. The maximum Gasteiger partial charge on any atom is 0.243 e. The van der Waals surface area contributed by atoms with Crippen LogP contribution in [0.5, 0.6) is 0 Å². The molecule has 1 heterocycles. The van der Waals surface area contributed by atoms with Crippen LogP contribution in [-0.2, 0) is 21.2 Å². The van der Waals surface area contributed by atoms with Crippen LogP contribution in [0.15, 0.2) is 47.4 Å². The number of amides is 1. The van der Waals surface area contributed by atoms with Crippen LogP contribution >= 0.6 is 11.6 Å². The highest BCUT2D eigenvalue weighted by molar-refractivity contribution is 7.89. The van der Waals surface area contributed by atoms with Gasteiger partial charge in [0.05, 0.1) is 10.8 Å². The number of halogens is 1. The van der Waals surface area contributed by atoms with E-state index in [0.29, 0.717) is 24.4 Å². The van der Waals surface area contributed by atoms with Gasteiger partial charge in [0, 0.05) is 23.8 Å². The van der Waals surface area contributed by atoms with E-state index in [4.69, 9.17) is 11.6 Å². The van der Waals surface area contributed by atoms with Gasteiger partial charge in [0.2, 0.25) is 15.9 Å². The molecule has 1 N–H and O–H groups in total. The number of anilines is 1. The molecule has 0 aliphatic carbocycles. The first-order valence-electron chi connectivity index (χ1n) is 9.48. The number of carbonyl (C=O) groups excluding carboxylic acids is 1. The van der Waals surface area contributed by atoms with Crippen LogP contribution in [0.4, 0.5) is 5.69 Å². The second-order valence-corrected chi connectivity index (χ2v) is 9.46. The maximum absolute atomic E-state index is 13.0. The molecule has 0 radical (unpaired) electrons. The highest BCUT2D eigenvalue weighted by atomic mass is 35.5. The summed E-state index contributed by atoms with van der Waals surface area (Å²) in [7, 11) is -3.68. The van der Waals surface area contributed by atoms with E-state index in [2.05, 4.69) is 5.32 Å². The van der Waals surface area contributed by atoms with Crippen LogP contribution in [0.3, 0.4) is 0 Å². The number of hydrogen-bond donors (Lipinski definition) is 1. The number of aryl methyl sites for hydroxylation is 2. The number of rotatable bonds is 5. The zero-order valence-corrected chi connectivity index (χ0v) is 17.7. The fraction of sp³-hybridized carbons (Fsp3) is 0.381. The summed E-state index contributed by atoms with van der Waals surface area (Å²) in [5.74, 6) is -0.517. The number of sulfonamides is 1. The van der Waals surface area contributed by atoms with Gasteiger partial charge in [-0.05, 0) is 55.5 Å². The van der Waals surface area contributed by atoms with Gasteiger partial charge in [-0.15, -0.1) is 0 Å². The number of para-hydroxylation sites is 1. The van der Waals surface area contributed by atoms with Crippen molar-refractivity contribution in [2.45, 2.75) is 38.0 Å². The summed E-state index contributed by atoms with van der Waals surface area (Å²) in [6, 6.07) is 12.4. The van der Waals surface area contributed by atoms with E-state index < -0.39 is 10.0 Å². The van der Waals surface area contributed by atoms with E-state index in [-0.39, 0.29) is 23.3 Å². The molecule has 0 bridgehead atoms. The van der Waals surface area contributed by atoms with E-state index in [9.17, 15) is 13.2 Å². The number of carbonyl (C=O) groups is 1. The summed E-state index contributed by atoms with van der Waals surface area (Å²) in [5.41, 5.74) is 2.68. The lowest BCUT2D eigenvalue weighted by Crippen LogP contribution is -2.43. The van der Waals surface area contributed by atoms with Crippen LogP contribution in [0.25, 0.3) is 0 Å². The highest BCUT2D eigenvalue weighted by Crippen LogP contribution is 2.27. The Balaban J connectivity index is 1.76. The first kappa shape index (κ1) is 20.8. The molecule has 0 aromatic heterocycles. The molecular weight excluding hydrogens is 396 g/mol. The van der Waals surface area contributed by atoms with Gasteiger partial charge in [0.1, 0.15) is 0 Å². The van der Waals surface area contributed by atoms with Crippen molar-refractivity contribution in [1.82, 2.24) is 4.31 Å². The Morgan fingerprint density at radius 1 is 1.25 bits per heavy atom. The lowest BCUT2D eigenvalue weighted by atomic mass is 9.98.